The summed E-state index contributed by atoms with van der Waals surface area (Å²) in [6.45, 7) is 7.22. The highest BCUT2D eigenvalue weighted by molar-refractivity contribution is 7.11. The van der Waals surface area contributed by atoms with Gasteiger partial charge >= 0.3 is 0 Å². The molecule has 0 bridgehead atoms. The van der Waals surface area contributed by atoms with Crippen molar-refractivity contribution in [3.8, 4) is 5.75 Å². The molecule has 0 atom stereocenters. The topological polar surface area (TPSA) is 51.4 Å². The summed E-state index contributed by atoms with van der Waals surface area (Å²) in [6, 6.07) is 0.629. The maximum absolute atomic E-state index is 5.93. The van der Waals surface area contributed by atoms with Gasteiger partial charge < -0.3 is 15.4 Å². The lowest BCUT2D eigenvalue weighted by Crippen LogP contribution is -2.32. The molecular weight excluding hydrogens is 246 g/mol. The van der Waals surface area contributed by atoms with Crippen LogP contribution in [0.25, 0.3) is 0 Å². The van der Waals surface area contributed by atoms with Crippen molar-refractivity contribution in [2.24, 2.45) is 0 Å². The molecule has 0 unspecified atom stereocenters. The van der Waals surface area contributed by atoms with Crippen molar-refractivity contribution in [2.75, 3.05) is 17.2 Å². The van der Waals surface area contributed by atoms with Crippen LogP contribution in [0, 0.1) is 0 Å². The molecule has 1 fully saturated rings. The molecule has 1 aromatic heterocycles. The van der Waals surface area contributed by atoms with Crippen LogP contribution < -0.4 is 15.4 Å². The molecule has 1 saturated carbocycles. The minimum Gasteiger partial charge on any atom is -0.484 e. The molecule has 1 aromatic rings. The first-order chi connectivity index (χ1) is 8.63. The van der Waals surface area contributed by atoms with Crippen molar-refractivity contribution in [1.82, 2.24) is 4.37 Å². The normalized spacial score (nSPS) is 16.4. The van der Waals surface area contributed by atoms with Crippen molar-refractivity contribution in [2.45, 2.75) is 58.6 Å². The van der Waals surface area contributed by atoms with E-state index in [0.29, 0.717) is 11.9 Å². The van der Waals surface area contributed by atoms with Crippen molar-refractivity contribution in [3.63, 3.8) is 0 Å². The highest BCUT2D eigenvalue weighted by atomic mass is 32.1. The third-order valence-corrected chi connectivity index (χ3v) is 4.26. The molecule has 5 heteroatoms. The molecule has 1 heterocycles. The fraction of sp³-hybridized carbons (Fsp3) is 0.769. The number of nitrogens with two attached hydrogens (primary N) is 1. The van der Waals surface area contributed by atoms with Crippen molar-refractivity contribution in [3.05, 3.63) is 0 Å². The number of aromatic nitrogens is 1. The van der Waals surface area contributed by atoms with Gasteiger partial charge in [0.05, 0.1) is 6.10 Å². The summed E-state index contributed by atoms with van der Waals surface area (Å²) in [5, 5.41) is 1.11. The zero-order chi connectivity index (χ0) is 13.1. The van der Waals surface area contributed by atoms with Crippen LogP contribution in [-0.4, -0.2) is 23.1 Å². The van der Waals surface area contributed by atoms with Crippen LogP contribution in [0.1, 0.15) is 46.5 Å². The molecular formula is C13H23N3OS. The van der Waals surface area contributed by atoms with E-state index in [2.05, 4.69) is 16.2 Å². The van der Waals surface area contributed by atoms with Gasteiger partial charge in [-0.1, -0.05) is 12.8 Å². The number of nitrogens with zero attached hydrogens (tertiary/aromatic N) is 2. The lowest BCUT2D eigenvalue weighted by Gasteiger charge is -2.29. The first-order valence-corrected chi connectivity index (χ1v) is 7.59. The smallest absolute Gasteiger partial charge is 0.198 e. The number of rotatable bonds is 5. The van der Waals surface area contributed by atoms with Crippen molar-refractivity contribution in [1.29, 1.82) is 0 Å². The fourth-order valence-electron chi connectivity index (χ4n) is 2.60. The standard InChI is InChI=1S/C13H23N3OS/c1-4-16(10-7-5-6-8-10)13-11(17-9(2)3)12(14)15-18-13/h9-10H,4-8H2,1-3H3,(H2,14,15). The number of nitrogen functional groups attached to an aromatic ring is 1. The summed E-state index contributed by atoms with van der Waals surface area (Å²) < 4.78 is 10.1. The van der Waals surface area contributed by atoms with Gasteiger partial charge in [0.25, 0.3) is 0 Å². The van der Waals surface area contributed by atoms with Crippen LogP contribution in [0.2, 0.25) is 0 Å². The zero-order valence-electron chi connectivity index (χ0n) is 11.5. The van der Waals surface area contributed by atoms with Crippen LogP contribution >= 0.6 is 11.5 Å². The molecule has 0 radical (unpaired) electrons. The molecule has 1 aliphatic carbocycles. The Morgan fingerprint density at radius 2 is 2.11 bits per heavy atom. The van der Waals surface area contributed by atoms with Gasteiger partial charge in [-0.2, -0.15) is 4.37 Å². The Hall–Kier alpha value is -0.970. The Morgan fingerprint density at radius 1 is 1.44 bits per heavy atom. The van der Waals surface area contributed by atoms with E-state index >= 15 is 0 Å². The molecule has 0 aromatic carbocycles. The second-order valence-electron chi connectivity index (χ2n) is 5.09. The summed E-state index contributed by atoms with van der Waals surface area (Å²) in [4.78, 5) is 2.42. The number of anilines is 2. The van der Waals surface area contributed by atoms with E-state index in [1.165, 1.54) is 37.2 Å². The summed E-state index contributed by atoms with van der Waals surface area (Å²) in [5.41, 5.74) is 5.93. The lowest BCUT2D eigenvalue weighted by molar-refractivity contribution is 0.244. The van der Waals surface area contributed by atoms with Gasteiger partial charge in [0, 0.05) is 12.6 Å². The van der Waals surface area contributed by atoms with Crippen LogP contribution in [0.4, 0.5) is 10.8 Å². The van der Waals surface area contributed by atoms with Gasteiger partial charge in [0.15, 0.2) is 16.6 Å². The second-order valence-corrected chi connectivity index (χ2v) is 5.84. The van der Waals surface area contributed by atoms with E-state index in [4.69, 9.17) is 10.5 Å². The summed E-state index contributed by atoms with van der Waals surface area (Å²) in [5.74, 6) is 1.31. The molecule has 4 nitrogen and oxygen atoms in total. The molecule has 0 saturated heterocycles. The van der Waals surface area contributed by atoms with Gasteiger partial charge in [-0.3, -0.25) is 0 Å². The number of hydrogen-bond donors (Lipinski definition) is 1. The highest BCUT2D eigenvalue weighted by Gasteiger charge is 2.27. The molecule has 0 spiro atoms. The van der Waals surface area contributed by atoms with E-state index in [1.54, 1.807) is 0 Å². The second kappa shape index (κ2) is 5.78. The van der Waals surface area contributed by atoms with E-state index in [1.807, 2.05) is 13.8 Å². The predicted octanol–water partition coefficient (Wildman–Crippen LogP) is 3.28. The quantitative estimate of drug-likeness (QED) is 0.891. The van der Waals surface area contributed by atoms with Crippen LogP contribution in [0.15, 0.2) is 0 Å². The minimum absolute atomic E-state index is 0.129. The number of hydrogen-bond acceptors (Lipinski definition) is 5. The summed E-state index contributed by atoms with van der Waals surface area (Å²) in [7, 11) is 0. The Kier molecular flexibility index (Phi) is 4.32. The van der Waals surface area contributed by atoms with Crippen molar-refractivity contribution >= 4 is 22.4 Å². The zero-order valence-corrected chi connectivity index (χ0v) is 12.3. The Bertz CT molecular complexity index is 386. The highest BCUT2D eigenvalue weighted by Crippen LogP contribution is 2.41. The Balaban J connectivity index is 2.24. The number of ether oxygens (including phenoxy) is 1. The monoisotopic (exact) mass is 269 g/mol. The SMILES string of the molecule is CCN(c1snc(N)c1OC(C)C)C1CCCC1. The van der Waals surface area contributed by atoms with Crippen LogP contribution in [0.3, 0.4) is 0 Å². The van der Waals surface area contributed by atoms with Gasteiger partial charge in [-0.25, -0.2) is 0 Å². The molecule has 102 valence electrons. The third-order valence-electron chi connectivity index (χ3n) is 3.38. The van der Waals surface area contributed by atoms with Gasteiger partial charge in [-0.05, 0) is 45.1 Å². The maximum Gasteiger partial charge on any atom is 0.198 e. The lowest BCUT2D eigenvalue weighted by atomic mass is 10.2. The van der Waals surface area contributed by atoms with E-state index in [9.17, 15) is 0 Å². The average Bonchev–Trinajstić information content (AvgIpc) is 2.94. The van der Waals surface area contributed by atoms with E-state index < -0.39 is 0 Å². The van der Waals surface area contributed by atoms with E-state index in [-0.39, 0.29) is 6.10 Å². The summed E-state index contributed by atoms with van der Waals surface area (Å²) in [6.07, 6.45) is 5.33. The molecule has 2 N–H and O–H groups in total. The Labute approximate surface area is 113 Å². The molecule has 0 aliphatic heterocycles. The molecule has 1 aliphatic rings. The molecule has 18 heavy (non-hydrogen) atoms. The molecule has 0 amide bonds. The average molecular weight is 269 g/mol. The van der Waals surface area contributed by atoms with Crippen LogP contribution in [-0.2, 0) is 0 Å². The van der Waals surface area contributed by atoms with Crippen molar-refractivity contribution < 1.29 is 4.74 Å². The third kappa shape index (κ3) is 2.71. The first-order valence-electron chi connectivity index (χ1n) is 6.82. The summed E-state index contributed by atoms with van der Waals surface area (Å²) >= 11 is 1.46. The largest absolute Gasteiger partial charge is 0.484 e. The van der Waals surface area contributed by atoms with Gasteiger partial charge in [-0.15, -0.1) is 0 Å². The molecule has 2 rings (SSSR count). The minimum atomic E-state index is 0.129. The maximum atomic E-state index is 5.93. The first kappa shape index (κ1) is 13.5. The van der Waals surface area contributed by atoms with Crippen LogP contribution in [0.5, 0.6) is 5.75 Å². The van der Waals surface area contributed by atoms with Gasteiger partial charge in [0.2, 0.25) is 0 Å². The van der Waals surface area contributed by atoms with E-state index in [0.717, 1.165) is 17.3 Å². The van der Waals surface area contributed by atoms with Gasteiger partial charge in [0.1, 0.15) is 0 Å². The fourth-order valence-corrected chi connectivity index (χ4v) is 3.48. The Morgan fingerprint density at radius 3 is 2.67 bits per heavy atom. The predicted molar refractivity (Wildman–Crippen MR) is 77.6 cm³/mol.